The van der Waals surface area contributed by atoms with Crippen LogP contribution in [0.25, 0.3) is 0 Å². The maximum Gasteiger partial charge on any atom is 0.387 e. The highest BCUT2D eigenvalue weighted by Gasteiger charge is 2.30. The lowest BCUT2D eigenvalue weighted by atomic mass is 10.2. The Morgan fingerprint density at radius 1 is 1.31 bits per heavy atom. The average Bonchev–Trinajstić information content (AvgIpc) is 3.28. The van der Waals surface area contributed by atoms with Crippen molar-refractivity contribution in [1.29, 1.82) is 0 Å². The Morgan fingerprint density at radius 3 is 2.77 bits per heavy atom. The number of rotatable bonds is 5. The maximum atomic E-state index is 14.1. The molecule has 26 heavy (non-hydrogen) atoms. The highest BCUT2D eigenvalue weighted by atomic mass is 19.3. The van der Waals surface area contributed by atoms with Crippen molar-refractivity contribution in [3.05, 3.63) is 29.6 Å². The molecule has 0 bridgehead atoms. The van der Waals surface area contributed by atoms with Crippen molar-refractivity contribution in [2.45, 2.75) is 38.5 Å². The Kier molecular flexibility index (Phi) is 6.24. The van der Waals surface area contributed by atoms with E-state index in [2.05, 4.69) is 24.8 Å². The number of hydrogen-bond acceptors (Lipinski definition) is 3. The van der Waals surface area contributed by atoms with Gasteiger partial charge in [0.1, 0.15) is 11.6 Å². The first-order chi connectivity index (χ1) is 12.6. The third kappa shape index (κ3) is 4.41. The molecular formula is C18H25F3N4O. The van der Waals surface area contributed by atoms with Gasteiger partial charge in [-0.15, -0.1) is 0 Å². The summed E-state index contributed by atoms with van der Waals surface area (Å²) in [5, 5.41) is 3.09. The van der Waals surface area contributed by atoms with Crippen molar-refractivity contribution in [2.24, 2.45) is 4.99 Å². The first-order valence-corrected chi connectivity index (χ1v) is 9.00. The summed E-state index contributed by atoms with van der Waals surface area (Å²) in [5.74, 6) is -0.0836. The van der Waals surface area contributed by atoms with E-state index in [0.717, 1.165) is 32.6 Å². The van der Waals surface area contributed by atoms with Crippen LogP contribution in [0.15, 0.2) is 23.2 Å². The molecule has 8 heteroatoms. The zero-order chi connectivity index (χ0) is 18.5. The van der Waals surface area contributed by atoms with Crippen LogP contribution in [-0.4, -0.2) is 61.6 Å². The van der Waals surface area contributed by atoms with Crippen molar-refractivity contribution in [3.8, 4) is 5.75 Å². The number of nitrogens with zero attached hydrogens (tertiary/aromatic N) is 3. The smallest absolute Gasteiger partial charge is 0.387 e. The van der Waals surface area contributed by atoms with Crippen molar-refractivity contribution in [1.82, 2.24) is 15.1 Å². The van der Waals surface area contributed by atoms with Crippen LogP contribution in [0.2, 0.25) is 0 Å². The van der Waals surface area contributed by atoms with Gasteiger partial charge in [0.15, 0.2) is 5.96 Å². The molecule has 0 amide bonds. The monoisotopic (exact) mass is 370 g/mol. The van der Waals surface area contributed by atoms with E-state index in [0.29, 0.717) is 12.0 Å². The standard InChI is InChI=1S/C18H25F3N4O/c1-22-18(25-10-7-13(12-25)24-8-2-3-9-24)23-11-14-15(19)5-4-6-16(14)26-17(20)21/h4-6,13,17H,2-3,7-12H2,1H3,(H,22,23). The van der Waals surface area contributed by atoms with E-state index in [9.17, 15) is 13.2 Å². The van der Waals surface area contributed by atoms with E-state index in [1.165, 1.54) is 31.0 Å². The van der Waals surface area contributed by atoms with Gasteiger partial charge < -0.3 is 15.0 Å². The Balaban J connectivity index is 1.61. The fourth-order valence-electron chi connectivity index (χ4n) is 3.76. The summed E-state index contributed by atoms with van der Waals surface area (Å²) < 4.78 is 43.6. The summed E-state index contributed by atoms with van der Waals surface area (Å²) in [4.78, 5) is 8.92. The van der Waals surface area contributed by atoms with Crippen LogP contribution in [0.1, 0.15) is 24.8 Å². The lowest BCUT2D eigenvalue weighted by Gasteiger charge is -2.25. The summed E-state index contributed by atoms with van der Waals surface area (Å²) in [6.45, 7) is 1.08. The fraction of sp³-hybridized carbons (Fsp3) is 0.611. The van der Waals surface area contributed by atoms with Crippen molar-refractivity contribution < 1.29 is 17.9 Å². The summed E-state index contributed by atoms with van der Waals surface area (Å²) in [5.41, 5.74) is 0.0734. The zero-order valence-electron chi connectivity index (χ0n) is 14.9. The molecule has 0 aromatic heterocycles. The summed E-state index contributed by atoms with van der Waals surface area (Å²) in [6, 6.07) is 4.44. The number of ether oxygens (including phenoxy) is 1. The largest absolute Gasteiger partial charge is 0.434 e. The van der Waals surface area contributed by atoms with Gasteiger partial charge in [-0.05, 0) is 44.5 Å². The highest BCUT2D eigenvalue weighted by Crippen LogP contribution is 2.24. The molecule has 3 rings (SSSR count). The summed E-state index contributed by atoms with van der Waals surface area (Å²) >= 11 is 0. The van der Waals surface area contributed by atoms with E-state index in [1.807, 2.05) is 0 Å². The summed E-state index contributed by atoms with van der Waals surface area (Å²) in [6.07, 6.45) is 3.58. The molecule has 2 fully saturated rings. The third-order valence-corrected chi connectivity index (χ3v) is 5.05. The zero-order valence-corrected chi connectivity index (χ0v) is 14.9. The second-order valence-corrected chi connectivity index (χ2v) is 6.63. The number of halogens is 3. The quantitative estimate of drug-likeness (QED) is 0.639. The average molecular weight is 370 g/mol. The Morgan fingerprint density at radius 2 is 2.08 bits per heavy atom. The molecule has 2 aliphatic rings. The van der Waals surface area contributed by atoms with Gasteiger partial charge in [0.25, 0.3) is 0 Å². The molecule has 0 saturated carbocycles. The summed E-state index contributed by atoms with van der Waals surface area (Å²) in [7, 11) is 1.67. The lowest BCUT2D eigenvalue weighted by molar-refractivity contribution is -0.0506. The number of aliphatic imine (C=N–C) groups is 1. The van der Waals surface area contributed by atoms with Gasteiger partial charge in [0, 0.05) is 38.3 Å². The van der Waals surface area contributed by atoms with Crippen LogP contribution in [0.5, 0.6) is 5.75 Å². The molecular weight excluding hydrogens is 345 g/mol. The number of likely N-dealkylation sites (tertiary alicyclic amines) is 2. The van der Waals surface area contributed by atoms with Gasteiger partial charge >= 0.3 is 6.61 Å². The number of benzene rings is 1. The van der Waals surface area contributed by atoms with Gasteiger partial charge in [0.05, 0.1) is 0 Å². The second kappa shape index (κ2) is 8.62. The Hall–Kier alpha value is -1.96. The Bertz CT molecular complexity index is 635. The third-order valence-electron chi connectivity index (χ3n) is 5.05. The molecule has 144 valence electrons. The van der Waals surface area contributed by atoms with Crippen LogP contribution >= 0.6 is 0 Å². The molecule has 2 heterocycles. The predicted molar refractivity (Wildman–Crippen MR) is 94.0 cm³/mol. The highest BCUT2D eigenvalue weighted by molar-refractivity contribution is 5.80. The second-order valence-electron chi connectivity index (χ2n) is 6.63. The number of nitrogens with one attached hydrogen (secondary N) is 1. The number of hydrogen-bond donors (Lipinski definition) is 1. The molecule has 1 aromatic rings. The molecule has 1 atom stereocenters. The molecule has 2 aliphatic heterocycles. The topological polar surface area (TPSA) is 40.1 Å². The molecule has 1 aromatic carbocycles. The Labute approximate surface area is 151 Å². The van der Waals surface area contributed by atoms with Gasteiger partial charge in [-0.25, -0.2) is 4.39 Å². The number of guanidine groups is 1. The minimum atomic E-state index is -2.99. The van der Waals surface area contributed by atoms with Gasteiger partial charge in [-0.2, -0.15) is 8.78 Å². The first-order valence-electron chi connectivity index (χ1n) is 9.00. The molecule has 1 unspecified atom stereocenters. The normalized spacial score (nSPS) is 21.7. The SMILES string of the molecule is CN=C(NCc1c(F)cccc1OC(F)F)N1CCC(N2CCCC2)C1. The molecule has 2 saturated heterocycles. The molecule has 0 spiro atoms. The number of alkyl halides is 2. The van der Waals surface area contributed by atoms with Crippen molar-refractivity contribution in [2.75, 3.05) is 33.2 Å². The lowest BCUT2D eigenvalue weighted by Crippen LogP contribution is -2.42. The predicted octanol–water partition coefficient (Wildman–Crippen LogP) is 2.67. The van der Waals surface area contributed by atoms with Gasteiger partial charge in [-0.1, -0.05) is 6.07 Å². The first kappa shape index (κ1) is 18.8. The molecule has 0 aliphatic carbocycles. The van der Waals surface area contributed by atoms with Gasteiger partial charge in [0.2, 0.25) is 0 Å². The van der Waals surface area contributed by atoms with E-state index in [1.54, 1.807) is 7.05 Å². The minimum Gasteiger partial charge on any atom is -0.434 e. The van der Waals surface area contributed by atoms with Crippen molar-refractivity contribution >= 4 is 5.96 Å². The molecule has 0 radical (unpaired) electrons. The molecule has 5 nitrogen and oxygen atoms in total. The maximum absolute atomic E-state index is 14.1. The van der Waals surface area contributed by atoms with Crippen LogP contribution < -0.4 is 10.1 Å². The fourth-order valence-corrected chi connectivity index (χ4v) is 3.76. The van der Waals surface area contributed by atoms with Crippen molar-refractivity contribution in [3.63, 3.8) is 0 Å². The van der Waals surface area contributed by atoms with E-state index < -0.39 is 12.4 Å². The van der Waals surface area contributed by atoms with Crippen LogP contribution in [0.4, 0.5) is 13.2 Å². The minimum absolute atomic E-state index is 0.0340. The van der Waals surface area contributed by atoms with Crippen LogP contribution in [0.3, 0.4) is 0 Å². The van der Waals surface area contributed by atoms with E-state index in [4.69, 9.17) is 0 Å². The van der Waals surface area contributed by atoms with Gasteiger partial charge in [-0.3, -0.25) is 9.89 Å². The van der Waals surface area contributed by atoms with Crippen LogP contribution in [-0.2, 0) is 6.54 Å². The van der Waals surface area contributed by atoms with Crippen LogP contribution in [0, 0.1) is 5.82 Å². The molecule has 1 N–H and O–H groups in total. The van der Waals surface area contributed by atoms with E-state index in [-0.39, 0.29) is 17.9 Å². The van der Waals surface area contributed by atoms with E-state index >= 15 is 0 Å².